The summed E-state index contributed by atoms with van der Waals surface area (Å²) in [5.41, 5.74) is 0. The molecule has 0 N–H and O–H groups in total. The van der Waals surface area contributed by atoms with Crippen LogP contribution in [0.5, 0.6) is 0 Å². The average Bonchev–Trinajstić information content (AvgIpc) is 0.918. The van der Waals surface area contributed by atoms with Gasteiger partial charge in [0.1, 0.15) is 0 Å². The fraction of sp³-hybridized carbons (Fsp3) is 0. The molecule has 0 aliphatic heterocycles. The van der Waals surface area contributed by atoms with Crippen LogP contribution in [0.4, 0.5) is 0 Å². The van der Waals surface area contributed by atoms with E-state index in [1.165, 1.54) is 10.9 Å². The summed E-state index contributed by atoms with van der Waals surface area (Å²) in [5.74, 6) is 0. The maximum absolute atomic E-state index is 3.00. The van der Waals surface area contributed by atoms with Crippen molar-refractivity contribution in [2.45, 2.75) is 0 Å². The van der Waals surface area contributed by atoms with Crippen LogP contribution in [0.1, 0.15) is 0 Å². The Labute approximate surface area is 67.7 Å². The first-order valence-electron chi connectivity index (χ1n) is 0.239. The molecule has 0 aromatic rings. The van der Waals surface area contributed by atoms with Crippen molar-refractivity contribution < 1.29 is 10.9 Å². The van der Waals surface area contributed by atoms with E-state index < -0.39 is 0 Å². The third-order valence-electron chi connectivity index (χ3n) is 0. The molecule has 0 aliphatic rings. The summed E-state index contributed by atoms with van der Waals surface area (Å²) in [5, 5.41) is 0. The molecule has 0 saturated carbocycles. The summed E-state index contributed by atoms with van der Waals surface area (Å²) in [4.78, 5) is 0. The van der Waals surface area contributed by atoms with Gasteiger partial charge in [-0.05, 0) is 0 Å². The first-order valence-corrected chi connectivity index (χ1v) is 5.12. The van der Waals surface area contributed by atoms with E-state index in [9.17, 15) is 0 Å². The van der Waals surface area contributed by atoms with Crippen molar-refractivity contribution >= 4 is 58.0 Å². The van der Waals surface area contributed by atoms with Gasteiger partial charge in [-0.3, -0.25) is 0 Å². The maximum atomic E-state index is 3.00. The van der Waals surface area contributed by atoms with Gasteiger partial charge in [-0.25, -0.2) is 0 Å². The molecule has 0 unspecified atom stereocenters. The summed E-state index contributed by atoms with van der Waals surface area (Å²) in [6.07, 6.45) is 0. The van der Waals surface area contributed by atoms with E-state index in [-0.39, 0.29) is 29.6 Å². The Balaban J connectivity index is 0. The fourth-order valence-electron chi connectivity index (χ4n) is 0. The maximum Gasteiger partial charge on any atom is 0 e. The third-order valence-corrected chi connectivity index (χ3v) is 0. The van der Waals surface area contributed by atoms with Crippen molar-refractivity contribution in [3.05, 3.63) is 0 Å². The second-order valence-electron chi connectivity index (χ2n) is 0.0452. The van der Waals surface area contributed by atoms with Crippen molar-refractivity contribution in [2.24, 2.45) is 0 Å². The van der Waals surface area contributed by atoms with E-state index in [1.54, 1.807) is 0 Å². The van der Waals surface area contributed by atoms with Crippen LogP contribution in [-0.2, 0) is 10.9 Å². The largest absolute Gasteiger partial charge is 0 e. The predicted octanol–water partition coefficient (Wildman–Crippen LogP) is 1.31. The van der Waals surface area contributed by atoms with Gasteiger partial charge in [-0.2, -0.15) is 0 Å². The van der Waals surface area contributed by atoms with Crippen molar-refractivity contribution in [3.8, 4) is 0 Å². The van der Waals surface area contributed by atoms with E-state index in [4.69, 9.17) is 0 Å². The molecule has 0 aromatic carbocycles. The van der Waals surface area contributed by atoms with Gasteiger partial charge >= 0.3 is 39.3 Å². The van der Waals surface area contributed by atoms with Gasteiger partial charge in [-0.1, -0.05) is 0 Å². The first-order chi connectivity index (χ1) is 1.41. The molecule has 0 spiro atoms. The molecule has 0 saturated heterocycles. The molecule has 0 amide bonds. The zero-order chi connectivity index (χ0) is 2.71. The Bertz CT molecular complexity index is 6.00. The smallest absolute Gasteiger partial charge is 0 e. The molecule has 0 fully saturated rings. The molecule has 0 bridgehead atoms. The molecule has 0 aromatic heterocycles. The van der Waals surface area contributed by atoms with Crippen LogP contribution in [0.15, 0.2) is 0 Å². The van der Waals surface area contributed by atoms with Gasteiger partial charge in [0.25, 0.3) is 0 Å². The minimum Gasteiger partial charge on any atom is 0 e. The molecule has 0 nitrogen and oxygen atoms in total. The zero-order valence-electron chi connectivity index (χ0n) is 2.07. The zero-order valence-corrected chi connectivity index (χ0v) is 8.23. The standard InChI is InChI=1S/2BrH.Na.Ni/h2*1H;;/q;;;+2/p-2. The minimum absolute atomic E-state index is 0. The molecule has 4 heavy (non-hydrogen) atoms. The van der Waals surface area contributed by atoms with Crippen LogP contribution < -0.4 is 0 Å². The second kappa shape index (κ2) is 9.07. The van der Waals surface area contributed by atoms with Crippen LogP contribution in [0, 0.1) is 0 Å². The van der Waals surface area contributed by atoms with Gasteiger partial charge in [0.2, 0.25) is 0 Å². The molecule has 0 heterocycles. The van der Waals surface area contributed by atoms with Crippen LogP contribution >= 0.6 is 28.5 Å². The van der Waals surface area contributed by atoms with Crippen molar-refractivity contribution in [3.63, 3.8) is 0 Å². The minimum atomic E-state index is 0. The van der Waals surface area contributed by atoms with Gasteiger partial charge in [0.15, 0.2) is 0 Å². The Morgan fingerprint density at radius 2 is 1.25 bits per heavy atom. The van der Waals surface area contributed by atoms with Crippen molar-refractivity contribution in [1.29, 1.82) is 0 Å². The molecular formula is Br2NaNi. The Morgan fingerprint density at radius 1 is 1.25 bits per heavy atom. The number of hydrogen-bond acceptors (Lipinski definition) is 0. The van der Waals surface area contributed by atoms with Gasteiger partial charge in [0, 0.05) is 29.6 Å². The summed E-state index contributed by atoms with van der Waals surface area (Å²) in [6, 6.07) is 0. The Hall–Kier alpha value is 2.45. The first kappa shape index (κ1) is 9.68. The SMILES string of the molecule is [Br][Ni][Br].[Na]. The van der Waals surface area contributed by atoms with Crippen molar-refractivity contribution in [1.82, 2.24) is 0 Å². The van der Waals surface area contributed by atoms with E-state index >= 15 is 0 Å². The Morgan fingerprint density at radius 3 is 1.25 bits per heavy atom. The normalized spacial score (nSPS) is 5.50. The summed E-state index contributed by atoms with van der Waals surface area (Å²) in [6.45, 7) is 0. The third kappa shape index (κ3) is 8.82. The van der Waals surface area contributed by atoms with E-state index in [1.807, 2.05) is 0 Å². The number of rotatable bonds is 0. The number of halogens is 2. The second-order valence-corrected chi connectivity index (χ2v) is 5.03. The van der Waals surface area contributed by atoms with E-state index in [0.29, 0.717) is 0 Å². The fourth-order valence-corrected chi connectivity index (χ4v) is 0. The molecule has 25 valence electrons. The average molecular weight is 241 g/mol. The Kier molecular flexibility index (Phi) is 21.9. The van der Waals surface area contributed by atoms with E-state index in [0.717, 1.165) is 0 Å². The van der Waals surface area contributed by atoms with E-state index in [2.05, 4.69) is 28.5 Å². The van der Waals surface area contributed by atoms with Crippen molar-refractivity contribution in [2.75, 3.05) is 0 Å². The molecule has 0 atom stereocenters. The summed E-state index contributed by atoms with van der Waals surface area (Å²) in [7, 11) is 1.25. The monoisotopic (exact) mass is 239 g/mol. The van der Waals surface area contributed by atoms with Gasteiger partial charge < -0.3 is 0 Å². The molecule has 4 heteroatoms. The summed E-state index contributed by atoms with van der Waals surface area (Å²) >= 11 is 6.00. The van der Waals surface area contributed by atoms with Crippen LogP contribution in [-0.4, -0.2) is 29.6 Å². The van der Waals surface area contributed by atoms with Crippen LogP contribution in [0.25, 0.3) is 0 Å². The quantitative estimate of drug-likeness (QED) is 0.561. The summed E-state index contributed by atoms with van der Waals surface area (Å²) < 4.78 is 0. The van der Waals surface area contributed by atoms with Crippen LogP contribution in [0.3, 0.4) is 0 Å². The topological polar surface area (TPSA) is 0 Å². The molecule has 1 radical (unpaired) electrons. The molecule has 0 aliphatic carbocycles. The predicted molar refractivity (Wildman–Crippen MR) is 23.6 cm³/mol. The van der Waals surface area contributed by atoms with Gasteiger partial charge in [0.05, 0.1) is 0 Å². The van der Waals surface area contributed by atoms with Gasteiger partial charge in [-0.15, -0.1) is 0 Å². The van der Waals surface area contributed by atoms with Crippen LogP contribution in [0.2, 0.25) is 0 Å². The molecular weight excluding hydrogens is 241 g/mol. The number of hydrogen-bond donors (Lipinski definition) is 0. The molecule has 0 rings (SSSR count).